The molecule has 0 aliphatic heterocycles. The van der Waals surface area contributed by atoms with Crippen LogP contribution in [0, 0.1) is 31.3 Å². The molecule has 0 radical (unpaired) electrons. The highest BCUT2D eigenvalue weighted by Crippen LogP contribution is 2.31. The molecule has 3 aromatic rings. The van der Waals surface area contributed by atoms with Crippen LogP contribution in [0.15, 0.2) is 30.6 Å². The Bertz CT molecular complexity index is 972. The minimum atomic E-state index is -1.53. The molecule has 25 heavy (non-hydrogen) atoms. The highest BCUT2D eigenvalue weighted by Gasteiger charge is 2.22. The molecule has 3 rings (SSSR count). The zero-order chi connectivity index (χ0) is 18.1. The zero-order valence-electron chi connectivity index (χ0n) is 13.2. The van der Waals surface area contributed by atoms with Crippen molar-refractivity contribution in [2.75, 3.05) is 5.32 Å². The minimum Gasteiger partial charge on any atom is -0.298 e. The summed E-state index contributed by atoms with van der Waals surface area (Å²) in [7, 11) is 0. The number of nitrogens with zero attached hydrogens (tertiary/aromatic N) is 2. The summed E-state index contributed by atoms with van der Waals surface area (Å²) in [4.78, 5) is 21.0. The number of benzene rings is 1. The number of nitrogens with one attached hydrogen (secondary N) is 1. The second kappa shape index (κ2) is 6.64. The number of halogens is 3. The summed E-state index contributed by atoms with van der Waals surface area (Å²) in [6.07, 6.45) is 3.22. The van der Waals surface area contributed by atoms with E-state index in [-0.39, 0.29) is 5.13 Å². The highest BCUT2D eigenvalue weighted by atomic mass is 32.1. The number of rotatable bonds is 3. The molecular weight excluding hydrogens is 351 g/mol. The summed E-state index contributed by atoms with van der Waals surface area (Å²) < 4.78 is 40.5. The first kappa shape index (κ1) is 17.1. The Morgan fingerprint density at radius 1 is 1.08 bits per heavy atom. The van der Waals surface area contributed by atoms with Gasteiger partial charge in [-0.3, -0.25) is 15.1 Å². The molecule has 4 nitrogen and oxygen atoms in total. The molecule has 128 valence electrons. The molecule has 0 unspecified atom stereocenters. The lowest BCUT2D eigenvalue weighted by Gasteiger charge is -2.05. The number of aromatic nitrogens is 2. The van der Waals surface area contributed by atoms with E-state index in [0.29, 0.717) is 12.1 Å². The van der Waals surface area contributed by atoms with Gasteiger partial charge in [-0.2, -0.15) is 0 Å². The molecule has 0 fully saturated rings. The number of carbonyl (C=O) groups is 1. The van der Waals surface area contributed by atoms with Gasteiger partial charge in [0, 0.05) is 23.7 Å². The van der Waals surface area contributed by atoms with Crippen molar-refractivity contribution in [3.8, 4) is 10.4 Å². The van der Waals surface area contributed by atoms with Gasteiger partial charge in [0.25, 0.3) is 5.91 Å². The fourth-order valence-corrected chi connectivity index (χ4v) is 3.19. The van der Waals surface area contributed by atoms with Gasteiger partial charge in [-0.1, -0.05) is 11.3 Å². The van der Waals surface area contributed by atoms with Crippen LogP contribution in [-0.2, 0) is 0 Å². The first-order chi connectivity index (χ1) is 11.9. The van der Waals surface area contributed by atoms with Crippen LogP contribution in [0.4, 0.5) is 18.3 Å². The van der Waals surface area contributed by atoms with E-state index in [2.05, 4.69) is 15.3 Å². The van der Waals surface area contributed by atoms with Crippen molar-refractivity contribution in [1.29, 1.82) is 0 Å². The van der Waals surface area contributed by atoms with Gasteiger partial charge in [0.05, 0.1) is 4.88 Å². The average molecular weight is 363 g/mol. The van der Waals surface area contributed by atoms with Crippen molar-refractivity contribution >= 4 is 22.4 Å². The van der Waals surface area contributed by atoms with Crippen LogP contribution in [0.2, 0.25) is 0 Å². The molecular formula is C17H12F3N3OS. The van der Waals surface area contributed by atoms with E-state index in [1.807, 2.05) is 19.9 Å². The van der Waals surface area contributed by atoms with Gasteiger partial charge in [-0.05, 0) is 37.6 Å². The van der Waals surface area contributed by atoms with Crippen LogP contribution in [0.25, 0.3) is 10.4 Å². The van der Waals surface area contributed by atoms with Crippen LogP contribution in [0.3, 0.4) is 0 Å². The Morgan fingerprint density at radius 3 is 2.52 bits per heavy atom. The number of hydrogen-bond acceptors (Lipinski definition) is 4. The monoisotopic (exact) mass is 363 g/mol. The predicted octanol–water partition coefficient (Wildman–Crippen LogP) is 4.49. The lowest BCUT2D eigenvalue weighted by Crippen LogP contribution is -2.16. The van der Waals surface area contributed by atoms with Crippen LogP contribution in [0.1, 0.15) is 21.6 Å². The molecule has 0 bridgehead atoms. The Kier molecular flexibility index (Phi) is 4.54. The summed E-state index contributed by atoms with van der Waals surface area (Å²) in [6.45, 7) is 3.79. The van der Waals surface area contributed by atoms with E-state index in [9.17, 15) is 18.0 Å². The van der Waals surface area contributed by atoms with Crippen LogP contribution in [-0.4, -0.2) is 15.9 Å². The topological polar surface area (TPSA) is 54.9 Å². The molecule has 2 aromatic heterocycles. The molecule has 1 amide bonds. The smallest absolute Gasteiger partial charge is 0.263 e. The molecule has 0 aliphatic carbocycles. The third-order valence-electron chi connectivity index (χ3n) is 3.51. The Balaban J connectivity index is 1.87. The van der Waals surface area contributed by atoms with E-state index < -0.39 is 28.9 Å². The Labute approximate surface area is 145 Å². The zero-order valence-corrected chi connectivity index (χ0v) is 14.0. The van der Waals surface area contributed by atoms with E-state index in [0.717, 1.165) is 33.0 Å². The minimum absolute atomic E-state index is 0.142. The van der Waals surface area contributed by atoms with Crippen molar-refractivity contribution in [3.63, 3.8) is 0 Å². The van der Waals surface area contributed by atoms with Gasteiger partial charge in [-0.25, -0.2) is 18.2 Å². The molecule has 1 aromatic carbocycles. The van der Waals surface area contributed by atoms with E-state index in [1.54, 1.807) is 6.20 Å². The molecule has 0 aliphatic rings. The second-order valence-corrected chi connectivity index (χ2v) is 6.37. The summed E-state index contributed by atoms with van der Waals surface area (Å²) in [5.41, 5.74) is 1.71. The van der Waals surface area contributed by atoms with Gasteiger partial charge >= 0.3 is 0 Å². The maximum Gasteiger partial charge on any atom is 0.263 e. The number of pyridine rings is 1. The summed E-state index contributed by atoms with van der Waals surface area (Å²) in [5.74, 6) is -5.08. The number of hydrogen-bond donors (Lipinski definition) is 1. The molecule has 8 heteroatoms. The van der Waals surface area contributed by atoms with Gasteiger partial charge in [0.2, 0.25) is 0 Å². The third-order valence-corrected chi connectivity index (χ3v) is 4.46. The largest absolute Gasteiger partial charge is 0.298 e. The highest BCUT2D eigenvalue weighted by molar-refractivity contribution is 7.19. The molecule has 0 spiro atoms. The SMILES string of the molecule is Cc1cc(C)c(-c2cnc(NC(=O)c3c(F)ccc(F)c3F)s2)cn1. The number of anilines is 1. The van der Waals surface area contributed by atoms with Crippen molar-refractivity contribution in [3.05, 3.63) is 64.9 Å². The molecule has 2 heterocycles. The predicted molar refractivity (Wildman–Crippen MR) is 89.1 cm³/mol. The maximum absolute atomic E-state index is 13.7. The fourth-order valence-electron chi connectivity index (χ4n) is 2.31. The van der Waals surface area contributed by atoms with Crippen molar-refractivity contribution in [1.82, 2.24) is 9.97 Å². The lowest BCUT2D eigenvalue weighted by atomic mass is 10.1. The van der Waals surface area contributed by atoms with E-state index >= 15 is 0 Å². The average Bonchev–Trinajstić information content (AvgIpc) is 2.99. The number of thiazole rings is 1. The summed E-state index contributed by atoms with van der Waals surface area (Å²) in [6, 6.07) is 3.23. The maximum atomic E-state index is 13.7. The van der Waals surface area contributed by atoms with Crippen molar-refractivity contribution in [2.24, 2.45) is 0 Å². The first-order valence-corrected chi connectivity index (χ1v) is 8.02. The lowest BCUT2D eigenvalue weighted by molar-refractivity contribution is 0.101. The summed E-state index contributed by atoms with van der Waals surface area (Å²) in [5, 5.41) is 2.43. The van der Waals surface area contributed by atoms with Crippen LogP contribution < -0.4 is 5.32 Å². The Morgan fingerprint density at radius 2 is 1.80 bits per heavy atom. The summed E-state index contributed by atoms with van der Waals surface area (Å²) >= 11 is 1.12. The van der Waals surface area contributed by atoms with Gasteiger partial charge < -0.3 is 0 Å². The van der Waals surface area contributed by atoms with Crippen molar-refractivity contribution < 1.29 is 18.0 Å². The van der Waals surface area contributed by atoms with E-state index in [1.165, 1.54) is 6.20 Å². The number of carbonyl (C=O) groups excluding carboxylic acids is 1. The number of amides is 1. The van der Waals surface area contributed by atoms with Crippen LogP contribution >= 0.6 is 11.3 Å². The fraction of sp³-hybridized carbons (Fsp3) is 0.118. The first-order valence-electron chi connectivity index (χ1n) is 7.21. The molecule has 0 atom stereocenters. The Hall–Kier alpha value is -2.74. The normalized spacial score (nSPS) is 10.8. The molecule has 0 saturated heterocycles. The van der Waals surface area contributed by atoms with Crippen molar-refractivity contribution in [2.45, 2.75) is 13.8 Å². The standard InChI is InChI=1S/C17H12F3N3OS/c1-8-5-9(2)21-6-10(8)13-7-22-17(25-13)23-16(24)14-11(18)3-4-12(19)15(14)20/h3-7H,1-2H3,(H,22,23,24). The second-order valence-electron chi connectivity index (χ2n) is 5.34. The quantitative estimate of drug-likeness (QED) is 0.698. The number of aryl methyl sites for hydroxylation is 2. The van der Waals surface area contributed by atoms with Gasteiger partial charge in [0.1, 0.15) is 11.4 Å². The van der Waals surface area contributed by atoms with E-state index in [4.69, 9.17) is 0 Å². The van der Waals surface area contributed by atoms with Gasteiger partial charge in [-0.15, -0.1) is 0 Å². The van der Waals surface area contributed by atoms with Gasteiger partial charge in [0.15, 0.2) is 16.8 Å². The molecule has 0 saturated carbocycles. The molecule has 1 N–H and O–H groups in total. The van der Waals surface area contributed by atoms with Crippen LogP contribution in [0.5, 0.6) is 0 Å². The third kappa shape index (κ3) is 3.39.